The molecule has 126 valence electrons. The van der Waals surface area contributed by atoms with Gasteiger partial charge in [0.05, 0.1) is 13.2 Å². The Bertz CT molecular complexity index is 705. The molecule has 0 radical (unpaired) electrons. The van der Waals surface area contributed by atoms with Gasteiger partial charge in [-0.1, -0.05) is 41.9 Å². The third-order valence-corrected chi connectivity index (χ3v) is 4.56. The SMILES string of the molecule is O=C(CCc1ccc(F)cc1)N1CCOC(c2ccccc2Cl)C1. The van der Waals surface area contributed by atoms with Gasteiger partial charge in [-0.3, -0.25) is 4.79 Å². The van der Waals surface area contributed by atoms with Gasteiger partial charge >= 0.3 is 0 Å². The van der Waals surface area contributed by atoms with Gasteiger partial charge in [0.15, 0.2) is 0 Å². The van der Waals surface area contributed by atoms with Crippen molar-refractivity contribution in [1.29, 1.82) is 0 Å². The number of amides is 1. The van der Waals surface area contributed by atoms with E-state index in [0.29, 0.717) is 37.6 Å². The van der Waals surface area contributed by atoms with Crippen LogP contribution in [0.15, 0.2) is 48.5 Å². The molecule has 1 aliphatic rings. The predicted octanol–water partition coefficient (Wildman–Crippen LogP) is 4.01. The first-order valence-electron chi connectivity index (χ1n) is 8.02. The number of rotatable bonds is 4. The third-order valence-electron chi connectivity index (χ3n) is 4.21. The topological polar surface area (TPSA) is 29.5 Å². The average molecular weight is 348 g/mol. The molecule has 0 aromatic heterocycles. The quantitative estimate of drug-likeness (QED) is 0.836. The molecule has 0 saturated carbocycles. The van der Waals surface area contributed by atoms with E-state index in [-0.39, 0.29) is 17.8 Å². The van der Waals surface area contributed by atoms with Gasteiger partial charge in [0.2, 0.25) is 5.91 Å². The fraction of sp³-hybridized carbons (Fsp3) is 0.316. The van der Waals surface area contributed by atoms with Crippen molar-refractivity contribution >= 4 is 17.5 Å². The number of morpholine rings is 1. The van der Waals surface area contributed by atoms with Crippen LogP contribution in [0.5, 0.6) is 0 Å². The highest BCUT2D eigenvalue weighted by Crippen LogP contribution is 2.28. The van der Waals surface area contributed by atoms with Crippen LogP contribution in [0, 0.1) is 5.82 Å². The summed E-state index contributed by atoms with van der Waals surface area (Å²) in [5, 5.41) is 0.656. The lowest BCUT2D eigenvalue weighted by molar-refractivity contribution is -0.139. The summed E-state index contributed by atoms with van der Waals surface area (Å²) in [5.74, 6) is -0.180. The summed E-state index contributed by atoms with van der Waals surface area (Å²) in [7, 11) is 0. The van der Waals surface area contributed by atoms with Crippen LogP contribution in [-0.4, -0.2) is 30.5 Å². The highest BCUT2D eigenvalue weighted by molar-refractivity contribution is 6.31. The molecular formula is C19H19ClFNO2. The number of carbonyl (C=O) groups is 1. The molecular weight excluding hydrogens is 329 g/mol. The molecule has 0 spiro atoms. The first-order chi connectivity index (χ1) is 11.6. The second-order valence-corrected chi connectivity index (χ2v) is 6.25. The van der Waals surface area contributed by atoms with Gasteiger partial charge in [0.25, 0.3) is 0 Å². The zero-order valence-electron chi connectivity index (χ0n) is 13.3. The Morgan fingerprint density at radius 1 is 1.21 bits per heavy atom. The van der Waals surface area contributed by atoms with Crippen LogP contribution in [0.1, 0.15) is 23.7 Å². The number of nitrogens with zero attached hydrogens (tertiary/aromatic N) is 1. The summed E-state index contributed by atoms with van der Waals surface area (Å²) in [6.45, 7) is 1.59. The van der Waals surface area contributed by atoms with Crippen molar-refractivity contribution < 1.29 is 13.9 Å². The fourth-order valence-corrected chi connectivity index (χ4v) is 3.12. The maximum atomic E-state index is 12.9. The van der Waals surface area contributed by atoms with Crippen molar-refractivity contribution in [1.82, 2.24) is 4.90 Å². The monoisotopic (exact) mass is 347 g/mol. The second kappa shape index (κ2) is 7.77. The van der Waals surface area contributed by atoms with Gasteiger partial charge in [-0.05, 0) is 30.2 Å². The van der Waals surface area contributed by atoms with Gasteiger partial charge < -0.3 is 9.64 Å². The Morgan fingerprint density at radius 3 is 2.71 bits per heavy atom. The molecule has 1 unspecified atom stereocenters. The van der Waals surface area contributed by atoms with E-state index >= 15 is 0 Å². The molecule has 1 amide bonds. The zero-order valence-corrected chi connectivity index (χ0v) is 14.0. The van der Waals surface area contributed by atoms with Crippen LogP contribution in [0.2, 0.25) is 5.02 Å². The minimum absolute atomic E-state index is 0.0830. The lowest BCUT2D eigenvalue weighted by atomic mass is 10.1. The average Bonchev–Trinajstić information content (AvgIpc) is 2.61. The summed E-state index contributed by atoms with van der Waals surface area (Å²) < 4.78 is 18.7. The molecule has 1 heterocycles. The highest BCUT2D eigenvalue weighted by atomic mass is 35.5. The van der Waals surface area contributed by atoms with E-state index in [1.807, 2.05) is 29.2 Å². The van der Waals surface area contributed by atoms with Crippen molar-refractivity contribution in [3.63, 3.8) is 0 Å². The van der Waals surface area contributed by atoms with Crippen LogP contribution in [0.25, 0.3) is 0 Å². The summed E-state index contributed by atoms with van der Waals surface area (Å²) in [6, 6.07) is 13.8. The molecule has 3 nitrogen and oxygen atoms in total. The number of aryl methyl sites for hydroxylation is 1. The largest absolute Gasteiger partial charge is 0.370 e. The molecule has 1 saturated heterocycles. The normalized spacial score (nSPS) is 17.8. The fourth-order valence-electron chi connectivity index (χ4n) is 2.86. The standard InChI is InChI=1S/C19H19ClFNO2/c20-17-4-2-1-3-16(17)18-13-22(11-12-24-18)19(23)10-7-14-5-8-15(21)9-6-14/h1-6,8-9,18H,7,10-13H2. The minimum Gasteiger partial charge on any atom is -0.370 e. The molecule has 0 bridgehead atoms. The number of hydrogen-bond donors (Lipinski definition) is 0. The van der Waals surface area contributed by atoms with Gasteiger partial charge in [-0.25, -0.2) is 4.39 Å². The van der Waals surface area contributed by atoms with Crippen molar-refractivity contribution in [2.45, 2.75) is 18.9 Å². The van der Waals surface area contributed by atoms with Crippen LogP contribution in [0.4, 0.5) is 4.39 Å². The maximum absolute atomic E-state index is 12.9. The number of hydrogen-bond acceptors (Lipinski definition) is 2. The summed E-state index contributed by atoms with van der Waals surface area (Å²) in [4.78, 5) is 14.3. The third kappa shape index (κ3) is 4.13. The van der Waals surface area contributed by atoms with Crippen molar-refractivity contribution in [3.8, 4) is 0 Å². The molecule has 3 rings (SSSR count). The molecule has 0 N–H and O–H groups in total. The predicted molar refractivity (Wildman–Crippen MR) is 91.4 cm³/mol. The van der Waals surface area contributed by atoms with E-state index < -0.39 is 0 Å². The molecule has 5 heteroatoms. The van der Waals surface area contributed by atoms with Gasteiger partial charge in [-0.15, -0.1) is 0 Å². The van der Waals surface area contributed by atoms with E-state index in [2.05, 4.69) is 0 Å². The van der Waals surface area contributed by atoms with Crippen LogP contribution in [-0.2, 0) is 16.0 Å². The number of halogens is 2. The van der Waals surface area contributed by atoms with Crippen LogP contribution >= 0.6 is 11.6 Å². The van der Waals surface area contributed by atoms with E-state index in [1.54, 1.807) is 12.1 Å². The molecule has 2 aromatic rings. The lowest BCUT2D eigenvalue weighted by Crippen LogP contribution is -2.42. The van der Waals surface area contributed by atoms with Gasteiger partial charge in [0.1, 0.15) is 11.9 Å². The first-order valence-corrected chi connectivity index (χ1v) is 8.39. The minimum atomic E-state index is -0.263. The first kappa shape index (κ1) is 16.9. The van der Waals surface area contributed by atoms with Crippen molar-refractivity contribution in [2.75, 3.05) is 19.7 Å². The summed E-state index contributed by atoms with van der Waals surface area (Å²) >= 11 is 6.22. The number of ether oxygens (including phenoxy) is 1. The van der Waals surface area contributed by atoms with Gasteiger partial charge in [0, 0.05) is 23.6 Å². The Kier molecular flexibility index (Phi) is 5.48. The van der Waals surface area contributed by atoms with E-state index in [1.165, 1.54) is 12.1 Å². The summed E-state index contributed by atoms with van der Waals surface area (Å²) in [6.07, 6.45) is 0.816. The molecule has 1 aliphatic heterocycles. The molecule has 1 fully saturated rings. The van der Waals surface area contributed by atoms with Crippen molar-refractivity contribution in [2.24, 2.45) is 0 Å². The second-order valence-electron chi connectivity index (χ2n) is 5.85. The van der Waals surface area contributed by atoms with Gasteiger partial charge in [-0.2, -0.15) is 0 Å². The van der Waals surface area contributed by atoms with Crippen LogP contribution < -0.4 is 0 Å². The van der Waals surface area contributed by atoms with E-state index in [9.17, 15) is 9.18 Å². The Labute approximate surface area is 146 Å². The van der Waals surface area contributed by atoms with Crippen molar-refractivity contribution in [3.05, 3.63) is 70.5 Å². The molecule has 24 heavy (non-hydrogen) atoms. The smallest absolute Gasteiger partial charge is 0.223 e. The van der Waals surface area contributed by atoms with Crippen LogP contribution in [0.3, 0.4) is 0 Å². The Balaban J connectivity index is 1.59. The van der Waals surface area contributed by atoms with E-state index in [4.69, 9.17) is 16.3 Å². The highest BCUT2D eigenvalue weighted by Gasteiger charge is 2.26. The number of carbonyl (C=O) groups excluding carboxylic acids is 1. The molecule has 1 atom stereocenters. The molecule has 0 aliphatic carbocycles. The number of benzene rings is 2. The summed E-state index contributed by atoms with van der Waals surface area (Å²) in [5.41, 5.74) is 1.87. The lowest BCUT2D eigenvalue weighted by Gasteiger charge is -2.33. The molecule has 2 aromatic carbocycles. The van der Waals surface area contributed by atoms with E-state index in [0.717, 1.165) is 11.1 Å². The zero-order chi connectivity index (χ0) is 16.9. The Hall–Kier alpha value is -1.91. The Morgan fingerprint density at radius 2 is 1.96 bits per heavy atom. The maximum Gasteiger partial charge on any atom is 0.223 e.